The molecule has 1 unspecified atom stereocenters. The lowest BCUT2D eigenvalue weighted by Crippen LogP contribution is -2.49. The SMILES string of the molecule is CC1CCc2c(C(=O)N3CCN(c4ncccc4C#N)CC3)csc2C1. The summed E-state index contributed by atoms with van der Waals surface area (Å²) in [4.78, 5) is 22.8. The van der Waals surface area contributed by atoms with Gasteiger partial charge in [0.25, 0.3) is 5.91 Å². The van der Waals surface area contributed by atoms with Crippen LogP contribution in [0, 0.1) is 17.2 Å². The molecule has 5 nitrogen and oxygen atoms in total. The predicted octanol–water partition coefficient (Wildman–Crippen LogP) is 3.10. The van der Waals surface area contributed by atoms with Gasteiger partial charge in [0.05, 0.1) is 11.1 Å². The van der Waals surface area contributed by atoms with Crippen LogP contribution in [0.25, 0.3) is 0 Å². The van der Waals surface area contributed by atoms with Crippen LogP contribution in [0.3, 0.4) is 0 Å². The van der Waals surface area contributed by atoms with E-state index in [-0.39, 0.29) is 5.91 Å². The maximum absolute atomic E-state index is 13.0. The molecule has 0 radical (unpaired) electrons. The topological polar surface area (TPSA) is 60.2 Å². The molecule has 0 aromatic carbocycles. The van der Waals surface area contributed by atoms with Gasteiger partial charge in [0.15, 0.2) is 0 Å². The molecule has 1 atom stereocenters. The summed E-state index contributed by atoms with van der Waals surface area (Å²) >= 11 is 1.75. The first-order valence-corrected chi connectivity index (χ1v) is 10.0. The van der Waals surface area contributed by atoms with Gasteiger partial charge in [-0.2, -0.15) is 5.26 Å². The molecule has 1 amide bonds. The summed E-state index contributed by atoms with van der Waals surface area (Å²) in [6.07, 6.45) is 5.03. The highest BCUT2D eigenvalue weighted by molar-refractivity contribution is 7.10. The second-order valence-electron chi connectivity index (χ2n) is 7.16. The zero-order valence-corrected chi connectivity index (χ0v) is 15.8. The molecule has 6 heteroatoms. The van der Waals surface area contributed by atoms with Crippen molar-refractivity contribution in [1.82, 2.24) is 9.88 Å². The summed E-state index contributed by atoms with van der Waals surface area (Å²) in [5, 5.41) is 11.3. The molecular formula is C20H22N4OS. The van der Waals surface area contributed by atoms with Crippen LogP contribution in [0.5, 0.6) is 0 Å². The summed E-state index contributed by atoms with van der Waals surface area (Å²) in [7, 11) is 0. The van der Waals surface area contributed by atoms with Gasteiger partial charge in [-0.05, 0) is 42.9 Å². The van der Waals surface area contributed by atoms with Crippen molar-refractivity contribution in [2.24, 2.45) is 5.92 Å². The molecule has 0 saturated carbocycles. The highest BCUT2D eigenvalue weighted by Crippen LogP contribution is 2.33. The molecular weight excluding hydrogens is 344 g/mol. The first-order chi connectivity index (χ1) is 12.7. The van der Waals surface area contributed by atoms with Crippen LogP contribution in [-0.4, -0.2) is 42.0 Å². The van der Waals surface area contributed by atoms with E-state index >= 15 is 0 Å². The third-order valence-electron chi connectivity index (χ3n) is 5.41. The second-order valence-corrected chi connectivity index (χ2v) is 8.13. The Kier molecular flexibility index (Phi) is 4.64. The van der Waals surface area contributed by atoms with Gasteiger partial charge < -0.3 is 9.80 Å². The number of amides is 1. The number of hydrogen-bond acceptors (Lipinski definition) is 5. The minimum absolute atomic E-state index is 0.165. The lowest BCUT2D eigenvalue weighted by molar-refractivity contribution is 0.0745. The molecule has 3 heterocycles. The fourth-order valence-corrected chi connectivity index (χ4v) is 5.12. The highest BCUT2D eigenvalue weighted by atomic mass is 32.1. The van der Waals surface area contributed by atoms with Crippen LogP contribution < -0.4 is 4.90 Å². The number of thiophene rings is 1. The molecule has 4 rings (SSSR count). The van der Waals surface area contributed by atoms with Crippen LogP contribution in [0.15, 0.2) is 23.7 Å². The highest BCUT2D eigenvalue weighted by Gasteiger charge is 2.28. The Labute approximate surface area is 157 Å². The number of carbonyl (C=O) groups is 1. The number of piperazine rings is 1. The fraction of sp³-hybridized carbons (Fsp3) is 0.450. The molecule has 2 aromatic rings. The van der Waals surface area contributed by atoms with E-state index in [9.17, 15) is 10.1 Å². The number of carbonyl (C=O) groups excluding carboxylic acids is 1. The van der Waals surface area contributed by atoms with E-state index < -0.39 is 0 Å². The number of nitriles is 1. The van der Waals surface area contributed by atoms with Gasteiger partial charge in [0.2, 0.25) is 0 Å². The molecule has 134 valence electrons. The van der Waals surface area contributed by atoms with Crippen LogP contribution in [-0.2, 0) is 12.8 Å². The minimum atomic E-state index is 0.165. The normalized spacial score (nSPS) is 19.8. The van der Waals surface area contributed by atoms with Crippen molar-refractivity contribution in [1.29, 1.82) is 5.26 Å². The van der Waals surface area contributed by atoms with E-state index in [1.807, 2.05) is 4.90 Å². The van der Waals surface area contributed by atoms with Crippen LogP contribution in [0.2, 0.25) is 0 Å². The second kappa shape index (κ2) is 7.08. The van der Waals surface area contributed by atoms with Crippen molar-refractivity contribution in [3.8, 4) is 6.07 Å². The van der Waals surface area contributed by atoms with Gasteiger partial charge in [0, 0.05) is 42.6 Å². The van der Waals surface area contributed by atoms with Crippen molar-refractivity contribution in [2.75, 3.05) is 31.1 Å². The molecule has 1 saturated heterocycles. The van der Waals surface area contributed by atoms with Gasteiger partial charge in [0.1, 0.15) is 11.9 Å². The van der Waals surface area contributed by atoms with Gasteiger partial charge in [-0.25, -0.2) is 4.98 Å². The van der Waals surface area contributed by atoms with E-state index in [0.29, 0.717) is 31.7 Å². The van der Waals surface area contributed by atoms with Crippen molar-refractivity contribution in [3.63, 3.8) is 0 Å². The average molecular weight is 366 g/mol. The first-order valence-electron chi connectivity index (χ1n) is 9.16. The Morgan fingerprint density at radius 2 is 2.15 bits per heavy atom. The van der Waals surface area contributed by atoms with Gasteiger partial charge in [-0.3, -0.25) is 4.79 Å². The summed E-state index contributed by atoms with van der Waals surface area (Å²) < 4.78 is 0. The van der Waals surface area contributed by atoms with Crippen molar-refractivity contribution < 1.29 is 4.79 Å². The minimum Gasteiger partial charge on any atom is -0.352 e. The lowest BCUT2D eigenvalue weighted by Gasteiger charge is -2.36. The Hall–Kier alpha value is -2.39. The van der Waals surface area contributed by atoms with Crippen molar-refractivity contribution in [3.05, 3.63) is 45.3 Å². The van der Waals surface area contributed by atoms with Crippen molar-refractivity contribution >= 4 is 23.1 Å². The number of fused-ring (bicyclic) bond motifs is 1. The fourth-order valence-electron chi connectivity index (χ4n) is 3.88. The Morgan fingerprint density at radius 3 is 2.92 bits per heavy atom. The smallest absolute Gasteiger partial charge is 0.255 e. The molecule has 2 aromatic heterocycles. The van der Waals surface area contributed by atoms with E-state index in [1.54, 1.807) is 29.7 Å². The Morgan fingerprint density at radius 1 is 1.35 bits per heavy atom. The van der Waals surface area contributed by atoms with Gasteiger partial charge >= 0.3 is 0 Å². The molecule has 1 aliphatic heterocycles. The van der Waals surface area contributed by atoms with Crippen molar-refractivity contribution in [2.45, 2.75) is 26.2 Å². The molecule has 0 N–H and O–H groups in total. The number of aromatic nitrogens is 1. The third-order valence-corrected chi connectivity index (χ3v) is 6.46. The summed E-state index contributed by atoms with van der Waals surface area (Å²) in [6, 6.07) is 5.77. The first kappa shape index (κ1) is 17.0. The van der Waals surface area contributed by atoms with Gasteiger partial charge in [-0.15, -0.1) is 11.3 Å². The zero-order chi connectivity index (χ0) is 18.1. The van der Waals surface area contributed by atoms with E-state index in [1.165, 1.54) is 16.9 Å². The van der Waals surface area contributed by atoms with Crippen LogP contribution in [0.1, 0.15) is 39.7 Å². The summed E-state index contributed by atoms with van der Waals surface area (Å²) in [5.74, 6) is 1.61. The molecule has 0 spiro atoms. The Bertz CT molecular complexity index is 861. The van der Waals surface area contributed by atoms with Crippen LogP contribution >= 0.6 is 11.3 Å². The van der Waals surface area contributed by atoms with E-state index in [2.05, 4.69) is 28.3 Å². The lowest BCUT2D eigenvalue weighted by atomic mass is 9.88. The number of nitrogens with zero attached hydrogens (tertiary/aromatic N) is 4. The maximum atomic E-state index is 13.0. The number of pyridine rings is 1. The van der Waals surface area contributed by atoms with E-state index in [4.69, 9.17) is 0 Å². The average Bonchev–Trinajstić information content (AvgIpc) is 3.10. The molecule has 1 aliphatic carbocycles. The number of rotatable bonds is 2. The largest absolute Gasteiger partial charge is 0.352 e. The summed E-state index contributed by atoms with van der Waals surface area (Å²) in [6.45, 7) is 5.04. The standard InChI is InChI=1S/C20H22N4OS/c1-14-4-5-16-17(13-26-18(16)11-14)20(25)24-9-7-23(8-10-24)19-15(12-21)3-2-6-22-19/h2-3,6,13-14H,4-5,7-11H2,1H3. The number of hydrogen-bond donors (Lipinski definition) is 0. The van der Waals surface area contributed by atoms with Gasteiger partial charge in [-0.1, -0.05) is 6.92 Å². The predicted molar refractivity (Wildman–Crippen MR) is 103 cm³/mol. The van der Waals surface area contributed by atoms with Crippen LogP contribution in [0.4, 0.5) is 5.82 Å². The quantitative estimate of drug-likeness (QED) is 0.819. The Balaban J connectivity index is 1.46. The zero-order valence-electron chi connectivity index (χ0n) is 14.9. The molecule has 0 bridgehead atoms. The molecule has 1 fully saturated rings. The monoisotopic (exact) mass is 366 g/mol. The summed E-state index contributed by atoms with van der Waals surface area (Å²) in [5.41, 5.74) is 2.80. The molecule has 2 aliphatic rings. The van der Waals surface area contributed by atoms with E-state index in [0.717, 1.165) is 30.1 Å². The number of anilines is 1. The maximum Gasteiger partial charge on any atom is 0.255 e. The third kappa shape index (κ3) is 3.08. The molecule has 26 heavy (non-hydrogen) atoms.